The zero-order valence-corrected chi connectivity index (χ0v) is 8.71. The average Bonchev–Trinajstić information content (AvgIpc) is 2.54. The van der Waals surface area contributed by atoms with Crippen LogP contribution >= 0.6 is 0 Å². The fraction of sp³-hybridized carbons (Fsp3) is 0.545. The van der Waals surface area contributed by atoms with Gasteiger partial charge in [0.25, 0.3) is 0 Å². The lowest BCUT2D eigenvalue weighted by atomic mass is 10.0. The minimum Gasteiger partial charge on any atom is -0.449 e. The van der Waals surface area contributed by atoms with Crippen molar-refractivity contribution in [1.29, 1.82) is 0 Å². The topological polar surface area (TPSA) is 35.5 Å². The van der Waals surface area contributed by atoms with Crippen molar-refractivity contribution in [2.45, 2.75) is 25.9 Å². The second-order valence-electron chi connectivity index (χ2n) is 3.54. The van der Waals surface area contributed by atoms with Crippen LogP contribution in [-0.2, 0) is 14.3 Å². The fourth-order valence-electron chi connectivity index (χ4n) is 1.38. The lowest BCUT2D eigenvalue weighted by molar-refractivity contribution is -0.150. The summed E-state index contributed by atoms with van der Waals surface area (Å²) in [7, 11) is 0. The van der Waals surface area contributed by atoms with E-state index in [0.717, 1.165) is 6.42 Å². The van der Waals surface area contributed by atoms with Crippen molar-refractivity contribution >= 4 is 5.97 Å². The van der Waals surface area contributed by atoms with Gasteiger partial charge in [-0.25, -0.2) is 4.79 Å². The Balaban J connectivity index is 2.69. The summed E-state index contributed by atoms with van der Waals surface area (Å²) in [6.45, 7) is 8.16. The van der Waals surface area contributed by atoms with Crippen molar-refractivity contribution in [3.63, 3.8) is 0 Å². The third-order valence-corrected chi connectivity index (χ3v) is 2.13. The molecule has 0 N–H and O–H groups in total. The molecule has 0 amide bonds. The van der Waals surface area contributed by atoms with Crippen LogP contribution in [0, 0.1) is 0 Å². The standard InChI is InChI=1S/C11H16O3/c1-4-5-11(6-7-13-8-11)14-10(12)9(2)3/h4-5H,2,6-8H2,1,3H3/b5-4+. The van der Waals surface area contributed by atoms with E-state index in [4.69, 9.17) is 9.47 Å². The minimum absolute atomic E-state index is 0.353. The van der Waals surface area contributed by atoms with Crippen molar-refractivity contribution < 1.29 is 14.3 Å². The summed E-state index contributed by atoms with van der Waals surface area (Å²) in [5, 5.41) is 0. The quantitative estimate of drug-likeness (QED) is 0.392. The summed E-state index contributed by atoms with van der Waals surface area (Å²) in [5.41, 5.74) is -0.147. The number of carbonyl (C=O) groups excluding carboxylic acids is 1. The molecule has 0 aromatic heterocycles. The molecule has 78 valence electrons. The van der Waals surface area contributed by atoms with Gasteiger partial charge in [0.15, 0.2) is 5.60 Å². The van der Waals surface area contributed by atoms with E-state index in [1.54, 1.807) is 6.92 Å². The molecule has 1 aliphatic rings. The van der Waals surface area contributed by atoms with Gasteiger partial charge in [0.1, 0.15) is 0 Å². The molecule has 1 heterocycles. The van der Waals surface area contributed by atoms with E-state index in [2.05, 4.69) is 6.58 Å². The third-order valence-electron chi connectivity index (χ3n) is 2.13. The van der Waals surface area contributed by atoms with Crippen molar-refractivity contribution in [3.8, 4) is 0 Å². The first kappa shape index (κ1) is 11.0. The Morgan fingerprint density at radius 1 is 1.64 bits per heavy atom. The Bertz CT molecular complexity index is 260. The molecular weight excluding hydrogens is 180 g/mol. The summed E-state index contributed by atoms with van der Waals surface area (Å²) >= 11 is 0. The molecule has 0 aromatic carbocycles. The van der Waals surface area contributed by atoms with Crippen molar-refractivity contribution in [2.24, 2.45) is 0 Å². The highest BCUT2D eigenvalue weighted by molar-refractivity contribution is 5.87. The molecule has 1 unspecified atom stereocenters. The number of allylic oxidation sites excluding steroid dienone is 1. The van der Waals surface area contributed by atoms with Crippen molar-refractivity contribution in [3.05, 3.63) is 24.3 Å². The van der Waals surface area contributed by atoms with Gasteiger partial charge in [-0.15, -0.1) is 0 Å². The monoisotopic (exact) mass is 196 g/mol. The molecule has 0 aliphatic carbocycles. The number of hydrogen-bond acceptors (Lipinski definition) is 3. The van der Waals surface area contributed by atoms with Crippen LogP contribution in [0.5, 0.6) is 0 Å². The van der Waals surface area contributed by atoms with E-state index >= 15 is 0 Å². The zero-order valence-electron chi connectivity index (χ0n) is 8.71. The van der Waals surface area contributed by atoms with E-state index in [9.17, 15) is 4.79 Å². The Morgan fingerprint density at radius 2 is 2.36 bits per heavy atom. The van der Waals surface area contributed by atoms with Crippen LogP contribution in [0.4, 0.5) is 0 Å². The molecule has 0 bridgehead atoms. The van der Waals surface area contributed by atoms with Crippen LogP contribution in [0.15, 0.2) is 24.3 Å². The predicted molar refractivity (Wildman–Crippen MR) is 53.9 cm³/mol. The number of hydrogen-bond donors (Lipinski definition) is 0. The van der Waals surface area contributed by atoms with Gasteiger partial charge in [-0.3, -0.25) is 0 Å². The smallest absolute Gasteiger partial charge is 0.334 e. The van der Waals surface area contributed by atoms with Gasteiger partial charge >= 0.3 is 5.97 Å². The van der Waals surface area contributed by atoms with Crippen LogP contribution in [0.3, 0.4) is 0 Å². The molecule has 0 aromatic rings. The lowest BCUT2D eigenvalue weighted by Gasteiger charge is -2.23. The molecule has 1 atom stereocenters. The maximum Gasteiger partial charge on any atom is 0.334 e. The number of carbonyl (C=O) groups is 1. The van der Waals surface area contributed by atoms with Crippen molar-refractivity contribution in [1.82, 2.24) is 0 Å². The molecule has 0 radical (unpaired) electrons. The first-order valence-corrected chi connectivity index (χ1v) is 4.70. The molecule has 3 heteroatoms. The Morgan fingerprint density at radius 3 is 2.79 bits per heavy atom. The summed E-state index contributed by atoms with van der Waals surface area (Å²) in [5.74, 6) is -0.353. The second kappa shape index (κ2) is 4.42. The van der Waals surface area contributed by atoms with Gasteiger partial charge in [0.05, 0.1) is 13.2 Å². The Labute approximate surface area is 84.4 Å². The first-order valence-electron chi connectivity index (χ1n) is 4.70. The van der Waals surface area contributed by atoms with E-state index in [-0.39, 0.29) is 5.97 Å². The lowest BCUT2D eigenvalue weighted by Crippen LogP contribution is -2.33. The molecule has 1 aliphatic heterocycles. The maximum absolute atomic E-state index is 11.4. The Hall–Kier alpha value is -1.09. The van der Waals surface area contributed by atoms with Gasteiger partial charge in [0, 0.05) is 12.0 Å². The molecule has 14 heavy (non-hydrogen) atoms. The highest BCUT2D eigenvalue weighted by atomic mass is 16.6. The molecular formula is C11H16O3. The van der Waals surface area contributed by atoms with Gasteiger partial charge in [-0.05, 0) is 19.9 Å². The van der Waals surface area contributed by atoms with Gasteiger partial charge in [0.2, 0.25) is 0 Å². The molecule has 1 saturated heterocycles. The molecule has 1 rings (SSSR count). The van der Waals surface area contributed by atoms with E-state index in [1.165, 1.54) is 0 Å². The maximum atomic E-state index is 11.4. The van der Waals surface area contributed by atoms with Crippen LogP contribution in [0.25, 0.3) is 0 Å². The largest absolute Gasteiger partial charge is 0.449 e. The summed E-state index contributed by atoms with van der Waals surface area (Å²) < 4.78 is 10.6. The van der Waals surface area contributed by atoms with Crippen LogP contribution in [0.2, 0.25) is 0 Å². The normalized spacial score (nSPS) is 26.7. The van der Waals surface area contributed by atoms with E-state index in [0.29, 0.717) is 18.8 Å². The molecule has 1 fully saturated rings. The van der Waals surface area contributed by atoms with E-state index < -0.39 is 5.60 Å². The second-order valence-corrected chi connectivity index (χ2v) is 3.54. The van der Waals surface area contributed by atoms with Gasteiger partial charge in [-0.2, -0.15) is 0 Å². The van der Waals surface area contributed by atoms with Crippen LogP contribution in [-0.4, -0.2) is 24.8 Å². The molecule has 0 saturated carbocycles. The van der Waals surface area contributed by atoms with E-state index in [1.807, 2.05) is 19.1 Å². The zero-order chi connectivity index (χ0) is 10.6. The number of ether oxygens (including phenoxy) is 2. The molecule has 3 nitrogen and oxygen atoms in total. The third kappa shape index (κ3) is 2.45. The van der Waals surface area contributed by atoms with Crippen LogP contribution in [0.1, 0.15) is 20.3 Å². The predicted octanol–water partition coefficient (Wildman–Crippen LogP) is 1.84. The number of esters is 1. The SMILES string of the molecule is C=C(C)C(=O)OC1(/C=C/C)CCOC1. The van der Waals surface area contributed by atoms with Crippen LogP contribution < -0.4 is 0 Å². The highest BCUT2D eigenvalue weighted by Crippen LogP contribution is 2.25. The average molecular weight is 196 g/mol. The highest BCUT2D eigenvalue weighted by Gasteiger charge is 2.36. The summed E-state index contributed by atoms with van der Waals surface area (Å²) in [6, 6.07) is 0. The van der Waals surface area contributed by atoms with Gasteiger partial charge < -0.3 is 9.47 Å². The minimum atomic E-state index is -0.565. The van der Waals surface area contributed by atoms with Crippen molar-refractivity contribution in [2.75, 3.05) is 13.2 Å². The first-order chi connectivity index (χ1) is 6.59. The Kier molecular flexibility index (Phi) is 3.47. The fourth-order valence-corrected chi connectivity index (χ4v) is 1.38. The molecule has 0 spiro atoms. The number of rotatable bonds is 3. The summed E-state index contributed by atoms with van der Waals surface area (Å²) in [6.07, 6.45) is 4.47. The summed E-state index contributed by atoms with van der Waals surface area (Å²) in [4.78, 5) is 11.4. The van der Waals surface area contributed by atoms with Gasteiger partial charge in [-0.1, -0.05) is 12.7 Å².